The molecule has 1 aliphatic rings. The Morgan fingerprint density at radius 1 is 1.17 bits per heavy atom. The number of nitrogens with two attached hydrogens (primary N) is 1. The van der Waals surface area contributed by atoms with E-state index in [1.807, 2.05) is 24.3 Å². The fourth-order valence-corrected chi connectivity index (χ4v) is 3.31. The number of pyridine rings is 1. The number of nitrogens with zero attached hydrogens (tertiary/aromatic N) is 2. The number of nitrogens with one attached hydrogen (secondary N) is 1. The topological polar surface area (TPSA) is 83.5 Å². The summed E-state index contributed by atoms with van der Waals surface area (Å²) in [6.45, 7) is 0. The average molecular weight is 318 g/mol. The molecule has 1 aromatic heterocycles. The third-order valence-corrected chi connectivity index (χ3v) is 4.55. The van der Waals surface area contributed by atoms with Gasteiger partial charge in [0.25, 0.3) is 0 Å². The summed E-state index contributed by atoms with van der Waals surface area (Å²) in [6.07, 6.45) is 2.19. The molecule has 120 valence electrons. The fourth-order valence-electron chi connectivity index (χ4n) is 3.31. The lowest BCUT2D eigenvalue weighted by Crippen LogP contribution is -2.12. The van der Waals surface area contributed by atoms with E-state index in [1.165, 1.54) is 11.1 Å². The molecule has 4 N–H and O–H groups in total. The Balaban J connectivity index is 1.62. The van der Waals surface area contributed by atoms with E-state index in [1.54, 1.807) is 6.07 Å². The van der Waals surface area contributed by atoms with Crippen molar-refractivity contribution in [2.24, 2.45) is 10.9 Å². The Bertz CT molecular complexity index is 936. The van der Waals surface area contributed by atoms with Gasteiger partial charge in [0.05, 0.1) is 11.6 Å². The van der Waals surface area contributed by atoms with E-state index >= 15 is 0 Å². The largest absolute Gasteiger partial charge is 0.409 e. The maximum Gasteiger partial charge on any atom is 0.170 e. The Labute approximate surface area is 139 Å². The molecule has 0 bridgehead atoms. The average Bonchev–Trinajstić information content (AvgIpc) is 3.03. The van der Waals surface area contributed by atoms with Gasteiger partial charge in [0.2, 0.25) is 0 Å². The second-order valence-corrected chi connectivity index (χ2v) is 6.02. The lowest BCUT2D eigenvalue weighted by atomic mass is 10.1. The summed E-state index contributed by atoms with van der Waals surface area (Å²) in [5.74, 6) is 0.961. The van der Waals surface area contributed by atoms with E-state index in [2.05, 4.69) is 39.7 Å². The molecule has 1 unspecified atom stereocenters. The van der Waals surface area contributed by atoms with Crippen LogP contribution in [0.15, 0.2) is 59.8 Å². The summed E-state index contributed by atoms with van der Waals surface area (Å²) in [5.41, 5.74) is 9.97. The molecule has 5 nitrogen and oxygen atoms in total. The second kappa shape index (κ2) is 5.85. The lowest BCUT2D eigenvalue weighted by Gasteiger charge is -2.15. The van der Waals surface area contributed by atoms with Crippen LogP contribution in [-0.4, -0.2) is 16.0 Å². The molecule has 0 amide bonds. The van der Waals surface area contributed by atoms with Crippen LogP contribution >= 0.6 is 0 Å². The Kier molecular flexibility index (Phi) is 3.54. The first kappa shape index (κ1) is 14.5. The van der Waals surface area contributed by atoms with Gasteiger partial charge < -0.3 is 16.3 Å². The van der Waals surface area contributed by atoms with Crippen LogP contribution in [-0.2, 0) is 6.42 Å². The van der Waals surface area contributed by atoms with Gasteiger partial charge in [0.1, 0.15) is 5.82 Å². The number of oxime groups is 1. The van der Waals surface area contributed by atoms with Crippen LogP contribution in [0, 0.1) is 0 Å². The number of aromatic nitrogens is 1. The van der Waals surface area contributed by atoms with Gasteiger partial charge in [-0.1, -0.05) is 29.4 Å². The number of hydrogen-bond acceptors (Lipinski definition) is 4. The number of fused-ring (bicyclic) bond motifs is 2. The van der Waals surface area contributed by atoms with E-state index in [-0.39, 0.29) is 5.84 Å². The minimum atomic E-state index is 0.0988. The molecule has 0 radical (unpaired) electrons. The maximum absolute atomic E-state index is 8.78. The van der Waals surface area contributed by atoms with Crippen molar-refractivity contribution in [2.45, 2.75) is 18.9 Å². The fraction of sp³-hybridized carbons (Fsp3) is 0.158. The Morgan fingerprint density at radius 3 is 2.92 bits per heavy atom. The van der Waals surface area contributed by atoms with Gasteiger partial charge in [-0.25, -0.2) is 4.98 Å². The van der Waals surface area contributed by atoms with Gasteiger partial charge >= 0.3 is 0 Å². The van der Waals surface area contributed by atoms with Gasteiger partial charge in [-0.2, -0.15) is 0 Å². The third kappa shape index (κ3) is 2.54. The molecule has 2 aromatic carbocycles. The van der Waals surface area contributed by atoms with E-state index in [0.717, 1.165) is 29.6 Å². The number of benzene rings is 2. The Morgan fingerprint density at radius 2 is 2.04 bits per heavy atom. The normalized spacial score (nSPS) is 17.0. The zero-order chi connectivity index (χ0) is 16.5. The maximum atomic E-state index is 8.78. The number of aryl methyl sites for hydroxylation is 1. The van der Waals surface area contributed by atoms with Crippen molar-refractivity contribution >= 4 is 22.6 Å². The standard InChI is InChI=1S/C19H18N4O/c20-19(23-24)14-6-8-16-13(11-14)7-10-18(21-16)22-17-9-5-12-3-1-2-4-15(12)17/h1-4,6-8,10-11,17,24H,5,9H2,(H2,20,23)(H,21,22). The van der Waals surface area contributed by atoms with Crippen LogP contribution in [0.5, 0.6) is 0 Å². The first-order chi connectivity index (χ1) is 11.7. The highest BCUT2D eigenvalue weighted by atomic mass is 16.4. The summed E-state index contributed by atoms with van der Waals surface area (Å²) in [6, 6.07) is 18.4. The van der Waals surface area contributed by atoms with Crippen LogP contribution in [0.3, 0.4) is 0 Å². The van der Waals surface area contributed by atoms with Crippen LogP contribution in [0.2, 0.25) is 0 Å². The van der Waals surface area contributed by atoms with E-state index < -0.39 is 0 Å². The van der Waals surface area contributed by atoms with Crippen molar-refractivity contribution in [3.05, 3.63) is 71.3 Å². The molecule has 0 saturated carbocycles. The predicted octanol–water partition coefficient (Wildman–Crippen LogP) is 3.43. The van der Waals surface area contributed by atoms with E-state index in [9.17, 15) is 0 Å². The summed E-state index contributed by atoms with van der Waals surface area (Å²) in [4.78, 5) is 4.68. The molecule has 0 aliphatic heterocycles. The summed E-state index contributed by atoms with van der Waals surface area (Å²) in [7, 11) is 0. The first-order valence-corrected chi connectivity index (χ1v) is 7.97. The second-order valence-electron chi connectivity index (χ2n) is 6.02. The highest BCUT2D eigenvalue weighted by Crippen LogP contribution is 2.33. The highest BCUT2D eigenvalue weighted by molar-refractivity contribution is 6.00. The molecule has 1 aliphatic carbocycles. The SMILES string of the molecule is NC(=NO)c1ccc2nc(NC3CCc4ccccc43)ccc2c1. The molecule has 0 fully saturated rings. The lowest BCUT2D eigenvalue weighted by molar-refractivity contribution is 0.318. The van der Waals surface area contributed by atoms with Gasteiger partial charge in [-0.15, -0.1) is 0 Å². The zero-order valence-electron chi connectivity index (χ0n) is 13.1. The summed E-state index contributed by atoms with van der Waals surface area (Å²) in [5, 5.41) is 16.3. The third-order valence-electron chi connectivity index (χ3n) is 4.55. The molecule has 3 aromatic rings. The van der Waals surface area contributed by atoms with Gasteiger partial charge in [0.15, 0.2) is 5.84 Å². The Hall–Kier alpha value is -3.08. The number of rotatable bonds is 3. The molecular formula is C19H18N4O. The predicted molar refractivity (Wildman–Crippen MR) is 95.4 cm³/mol. The minimum Gasteiger partial charge on any atom is -0.409 e. The molecule has 4 rings (SSSR count). The molecule has 0 saturated heterocycles. The highest BCUT2D eigenvalue weighted by Gasteiger charge is 2.21. The van der Waals surface area contributed by atoms with Crippen molar-refractivity contribution in [1.82, 2.24) is 4.98 Å². The number of hydrogen-bond donors (Lipinski definition) is 3. The summed E-state index contributed by atoms with van der Waals surface area (Å²) >= 11 is 0. The zero-order valence-corrected chi connectivity index (χ0v) is 13.1. The van der Waals surface area contributed by atoms with Crippen molar-refractivity contribution in [2.75, 3.05) is 5.32 Å². The van der Waals surface area contributed by atoms with E-state index in [4.69, 9.17) is 10.9 Å². The minimum absolute atomic E-state index is 0.0988. The molecule has 5 heteroatoms. The van der Waals surface area contributed by atoms with Crippen LogP contribution < -0.4 is 11.1 Å². The van der Waals surface area contributed by atoms with E-state index in [0.29, 0.717) is 11.6 Å². The van der Waals surface area contributed by atoms with Crippen LogP contribution in [0.1, 0.15) is 29.2 Å². The van der Waals surface area contributed by atoms with Crippen molar-refractivity contribution in [1.29, 1.82) is 0 Å². The molecule has 24 heavy (non-hydrogen) atoms. The monoisotopic (exact) mass is 318 g/mol. The van der Waals surface area contributed by atoms with Crippen molar-refractivity contribution < 1.29 is 5.21 Å². The molecule has 1 atom stereocenters. The van der Waals surface area contributed by atoms with Crippen molar-refractivity contribution in [3.8, 4) is 0 Å². The number of amidine groups is 1. The smallest absolute Gasteiger partial charge is 0.170 e. The van der Waals surface area contributed by atoms with Crippen LogP contribution in [0.25, 0.3) is 10.9 Å². The summed E-state index contributed by atoms with van der Waals surface area (Å²) < 4.78 is 0. The van der Waals surface area contributed by atoms with Gasteiger partial charge in [-0.3, -0.25) is 0 Å². The first-order valence-electron chi connectivity index (χ1n) is 7.97. The molecule has 0 spiro atoms. The van der Waals surface area contributed by atoms with Gasteiger partial charge in [0, 0.05) is 10.9 Å². The molecular weight excluding hydrogens is 300 g/mol. The quantitative estimate of drug-likeness (QED) is 0.299. The van der Waals surface area contributed by atoms with Gasteiger partial charge in [-0.05, 0) is 54.3 Å². The van der Waals surface area contributed by atoms with Crippen molar-refractivity contribution in [3.63, 3.8) is 0 Å². The number of anilines is 1. The van der Waals surface area contributed by atoms with Crippen LogP contribution in [0.4, 0.5) is 5.82 Å². The molecule has 1 heterocycles.